The van der Waals surface area contributed by atoms with Crippen molar-refractivity contribution in [2.24, 2.45) is 5.73 Å². The molecule has 1 amide bonds. The Morgan fingerprint density at radius 2 is 2.22 bits per heavy atom. The van der Waals surface area contributed by atoms with Gasteiger partial charge in [-0.05, 0) is 47.0 Å². The van der Waals surface area contributed by atoms with Crippen LogP contribution in [0.3, 0.4) is 0 Å². The van der Waals surface area contributed by atoms with E-state index in [-0.39, 0.29) is 18.0 Å². The van der Waals surface area contributed by atoms with Gasteiger partial charge in [0.25, 0.3) is 0 Å². The molecule has 0 unspecified atom stereocenters. The molecular formula is C13H19BrN2O2. The van der Waals surface area contributed by atoms with E-state index in [4.69, 9.17) is 10.5 Å². The molecule has 0 aromatic heterocycles. The van der Waals surface area contributed by atoms with E-state index in [2.05, 4.69) is 21.2 Å². The van der Waals surface area contributed by atoms with Gasteiger partial charge in [-0.2, -0.15) is 0 Å². The summed E-state index contributed by atoms with van der Waals surface area (Å²) in [5.74, 6) is 0.463. The third-order valence-electron chi connectivity index (χ3n) is 2.88. The first kappa shape index (κ1) is 15.0. The molecule has 0 aliphatic heterocycles. The highest BCUT2D eigenvalue weighted by Gasteiger charge is 2.17. The number of methoxy groups -OCH3 is 1. The SMILES string of the molecule is CC[C@H](N[C@@H](C)c1ccc(OC)c(Br)c1)C(N)=O. The Labute approximate surface area is 116 Å². The minimum atomic E-state index is -0.322. The number of nitrogens with two attached hydrogens (primary N) is 1. The number of carbonyl (C=O) groups excluding carboxylic acids is 1. The lowest BCUT2D eigenvalue weighted by molar-refractivity contribution is -0.120. The van der Waals surface area contributed by atoms with Gasteiger partial charge in [0, 0.05) is 6.04 Å². The van der Waals surface area contributed by atoms with E-state index < -0.39 is 0 Å². The van der Waals surface area contributed by atoms with E-state index in [1.807, 2.05) is 32.0 Å². The monoisotopic (exact) mass is 314 g/mol. The van der Waals surface area contributed by atoms with Gasteiger partial charge in [0.05, 0.1) is 17.6 Å². The van der Waals surface area contributed by atoms with E-state index in [1.165, 1.54) is 0 Å². The molecule has 1 aromatic carbocycles. The van der Waals surface area contributed by atoms with Gasteiger partial charge in [-0.15, -0.1) is 0 Å². The molecule has 0 radical (unpaired) electrons. The fourth-order valence-corrected chi connectivity index (χ4v) is 2.31. The standard InChI is InChI=1S/C13H19BrN2O2/c1-4-11(13(15)17)16-8(2)9-5-6-12(18-3)10(14)7-9/h5-8,11,16H,4H2,1-3H3,(H2,15,17)/t8-,11-/m0/s1. The van der Waals surface area contributed by atoms with Crippen LogP contribution in [0.4, 0.5) is 0 Å². The van der Waals surface area contributed by atoms with Gasteiger partial charge < -0.3 is 10.5 Å². The van der Waals surface area contributed by atoms with Crippen LogP contribution in [0.2, 0.25) is 0 Å². The van der Waals surface area contributed by atoms with Crippen molar-refractivity contribution >= 4 is 21.8 Å². The number of amides is 1. The summed E-state index contributed by atoms with van der Waals surface area (Å²) in [5, 5.41) is 3.21. The number of rotatable bonds is 6. The van der Waals surface area contributed by atoms with Crippen molar-refractivity contribution in [2.75, 3.05) is 7.11 Å². The van der Waals surface area contributed by atoms with Gasteiger partial charge in [0.2, 0.25) is 5.91 Å². The summed E-state index contributed by atoms with van der Waals surface area (Å²) in [6, 6.07) is 5.58. The smallest absolute Gasteiger partial charge is 0.234 e. The summed E-state index contributed by atoms with van der Waals surface area (Å²) < 4.78 is 6.07. The van der Waals surface area contributed by atoms with E-state index in [0.717, 1.165) is 15.8 Å². The Bertz CT molecular complexity index is 423. The first-order valence-electron chi connectivity index (χ1n) is 5.88. The highest BCUT2D eigenvalue weighted by Crippen LogP contribution is 2.28. The van der Waals surface area contributed by atoms with Crippen LogP contribution in [0.5, 0.6) is 5.75 Å². The minimum absolute atomic E-state index is 0.0460. The first-order valence-corrected chi connectivity index (χ1v) is 6.67. The van der Waals surface area contributed by atoms with Crippen LogP contribution in [-0.4, -0.2) is 19.1 Å². The molecule has 3 N–H and O–H groups in total. The molecule has 1 aromatic rings. The van der Waals surface area contributed by atoms with Crippen molar-refractivity contribution in [2.45, 2.75) is 32.4 Å². The summed E-state index contributed by atoms with van der Waals surface area (Å²) >= 11 is 3.44. The molecule has 0 saturated carbocycles. The van der Waals surface area contributed by atoms with E-state index >= 15 is 0 Å². The molecule has 2 atom stereocenters. The molecule has 0 saturated heterocycles. The van der Waals surface area contributed by atoms with E-state index in [0.29, 0.717) is 6.42 Å². The number of carbonyl (C=O) groups is 1. The second-order valence-corrected chi connectivity index (χ2v) is 5.00. The van der Waals surface area contributed by atoms with E-state index in [9.17, 15) is 4.79 Å². The van der Waals surface area contributed by atoms with Crippen molar-refractivity contribution < 1.29 is 9.53 Å². The number of ether oxygens (including phenoxy) is 1. The largest absolute Gasteiger partial charge is 0.496 e. The predicted octanol–water partition coefficient (Wildman–Crippen LogP) is 2.37. The maximum Gasteiger partial charge on any atom is 0.234 e. The lowest BCUT2D eigenvalue weighted by Gasteiger charge is -2.20. The molecular weight excluding hydrogens is 296 g/mol. The van der Waals surface area contributed by atoms with Crippen molar-refractivity contribution in [3.63, 3.8) is 0 Å². The average Bonchev–Trinajstić information content (AvgIpc) is 2.35. The van der Waals surface area contributed by atoms with Gasteiger partial charge in [0.1, 0.15) is 5.75 Å². The van der Waals surface area contributed by atoms with Crippen LogP contribution in [0.25, 0.3) is 0 Å². The Kier molecular flexibility index (Phi) is 5.62. The van der Waals surface area contributed by atoms with Gasteiger partial charge in [0.15, 0.2) is 0 Å². The fraction of sp³-hybridized carbons (Fsp3) is 0.462. The fourth-order valence-electron chi connectivity index (χ4n) is 1.75. The molecule has 18 heavy (non-hydrogen) atoms. The molecule has 100 valence electrons. The quantitative estimate of drug-likeness (QED) is 0.847. The Morgan fingerprint density at radius 1 is 1.56 bits per heavy atom. The maximum atomic E-state index is 11.2. The number of benzene rings is 1. The molecule has 0 fully saturated rings. The van der Waals surface area contributed by atoms with Gasteiger partial charge in [-0.3, -0.25) is 10.1 Å². The zero-order valence-corrected chi connectivity index (χ0v) is 12.5. The molecule has 0 bridgehead atoms. The zero-order valence-electron chi connectivity index (χ0n) is 10.9. The summed E-state index contributed by atoms with van der Waals surface area (Å²) in [6.45, 7) is 3.93. The second-order valence-electron chi connectivity index (χ2n) is 4.15. The van der Waals surface area contributed by atoms with Crippen LogP contribution in [0, 0.1) is 0 Å². The third-order valence-corrected chi connectivity index (χ3v) is 3.50. The normalized spacial score (nSPS) is 14.0. The number of hydrogen-bond donors (Lipinski definition) is 2. The maximum absolute atomic E-state index is 11.2. The zero-order chi connectivity index (χ0) is 13.7. The molecule has 0 spiro atoms. The van der Waals surface area contributed by atoms with Gasteiger partial charge >= 0.3 is 0 Å². The van der Waals surface area contributed by atoms with Crippen molar-refractivity contribution in [1.82, 2.24) is 5.32 Å². The highest BCUT2D eigenvalue weighted by atomic mass is 79.9. The summed E-state index contributed by atoms with van der Waals surface area (Å²) in [7, 11) is 1.63. The molecule has 4 nitrogen and oxygen atoms in total. The predicted molar refractivity (Wildman–Crippen MR) is 75.5 cm³/mol. The molecule has 5 heteroatoms. The van der Waals surface area contributed by atoms with Crippen LogP contribution >= 0.6 is 15.9 Å². The average molecular weight is 315 g/mol. The number of primary amides is 1. The summed E-state index contributed by atoms with van der Waals surface area (Å²) in [6.07, 6.45) is 0.678. The Morgan fingerprint density at radius 3 is 2.67 bits per heavy atom. The lowest BCUT2D eigenvalue weighted by atomic mass is 10.1. The Hall–Kier alpha value is -1.07. The van der Waals surface area contributed by atoms with E-state index in [1.54, 1.807) is 7.11 Å². The number of halogens is 1. The molecule has 0 aliphatic rings. The highest BCUT2D eigenvalue weighted by molar-refractivity contribution is 9.10. The van der Waals surface area contributed by atoms with Crippen LogP contribution in [0.15, 0.2) is 22.7 Å². The second kappa shape index (κ2) is 6.75. The summed E-state index contributed by atoms with van der Waals surface area (Å²) in [5.41, 5.74) is 6.39. The van der Waals surface area contributed by atoms with Crippen LogP contribution < -0.4 is 15.8 Å². The van der Waals surface area contributed by atoms with Crippen LogP contribution in [-0.2, 0) is 4.79 Å². The third kappa shape index (κ3) is 3.71. The topological polar surface area (TPSA) is 64.3 Å². The van der Waals surface area contributed by atoms with Gasteiger partial charge in [-0.1, -0.05) is 13.0 Å². The lowest BCUT2D eigenvalue weighted by Crippen LogP contribution is -2.41. The minimum Gasteiger partial charge on any atom is -0.496 e. The van der Waals surface area contributed by atoms with Crippen LogP contribution in [0.1, 0.15) is 31.9 Å². The Balaban J connectivity index is 2.81. The molecule has 1 rings (SSSR count). The molecule has 0 heterocycles. The van der Waals surface area contributed by atoms with Crippen molar-refractivity contribution in [3.05, 3.63) is 28.2 Å². The van der Waals surface area contributed by atoms with Crippen molar-refractivity contribution in [3.8, 4) is 5.75 Å². The van der Waals surface area contributed by atoms with Crippen molar-refractivity contribution in [1.29, 1.82) is 0 Å². The molecule has 0 aliphatic carbocycles. The number of hydrogen-bond acceptors (Lipinski definition) is 3. The summed E-state index contributed by atoms with van der Waals surface area (Å²) in [4.78, 5) is 11.2. The van der Waals surface area contributed by atoms with Gasteiger partial charge in [-0.25, -0.2) is 0 Å². The first-order chi connectivity index (χ1) is 8.49. The number of nitrogens with one attached hydrogen (secondary N) is 1.